The van der Waals surface area contributed by atoms with Gasteiger partial charge in [0, 0.05) is 25.0 Å². The van der Waals surface area contributed by atoms with E-state index in [2.05, 4.69) is 14.5 Å². The molecule has 2 saturated heterocycles. The van der Waals surface area contributed by atoms with E-state index >= 15 is 0 Å². The van der Waals surface area contributed by atoms with Crippen LogP contribution in [0.25, 0.3) is 0 Å². The quantitative estimate of drug-likeness (QED) is 0.752. The molecule has 2 aliphatic heterocycles. The maximum atomic E-state index is 5.88. The van der Waals surface area contributed by atoms with E-state index < -0.39 is 0 Å². The maximum Gasteiger partial charge on any atom is 0.200 e. The minimum Gasteiger partial charge on any atom is -0.369 e. The Morgan fingerprint density at radius 1 is 1.20 bits per heavy atom. The largest absolute Gasteiger partial charge is 0.369 e. The summed E-state index contributed by atoms with van der Waals surface area (Å²) >= 11 is 0. The number of nitrogens with zero attached hydrogens (tertiary/aromatic N) is 3. The molecule has 4 heteroatoms. The molecule has 0 aliphatic carbocycles. The first kappa shape index (κ1) is 9.21. The molecule has 2 N–H and O–H groups in total. The predicted molar refractivity (Wildman–Crippen MR) is 59.5 cm³/mol. The lowest BCUT2D eigenvalue weighted by Gasteiger charge is -2.32. The maximum absolute atomic E-state index is 5.88. The third-order valence-corrected chi connectivity index (χ3v) is 3.88. The molecular weight excluding hydrogens is 188 g/mol. The third kappa shape index (κ3) is 1.44. The average Bonchev–Trinajstić information content (AvgIpc) is 2.83. The van der Waals surface area contributed by atoms with Crippen LogP contribution in [-0.2, 0) is 0 Å². The van der Waals surface area contributed by atoms with Gasteiger partial charge >= 0.3 is 0 Å². The summed E-state index contributed by atoms with van der Waals surface area (Å²) in [4.78, 5) is 6.74. The number of nitrogen functional groups attached to an aromatic ring is 1. The Hall–Kier alpha value is -1.03. The molecule has 0 spiro atoms. The van der Waals surface area contributed by atoms with Crippen LogP contribution in [0.2, 0.25) is 0 Å². The Bertz CT molecular complexity index is 346. The lowest BCUT2D eigenvalue weighted by Crippen LogP contribution is -2.37. The van der Waals surface area contributed by atoms with E-state index in [1.807, 2.05) is 6.20 Å². The molecule has 0 radical (unpaired) electrons. The molecule has 1 aromatic rings. The molecule has 15 heavy (non-hydrogen) atoms. The smallest absolute Gasteiger partial charge is 0.200 e. The SMILES string of the molecule is Nc1nccn1C1CCN2CCCCC12. The number of fused-ring (bicyclic) bond motifs is 1. The minimum absolute atomic E-state index is 0.563. The fourth-order valence-corrected chi connectivity index (χ4v) is 3.15. The Kier molecular flexibility index (Phi) is 2.16. The number of rotatable bonds is 1. The first-order valence-electron chi connectivity index (χ1n) is 5.88. The van der Waals surface area contributed by atoms with E-state index in [-0.39, 0.29) is 0 Å². The van der Waals surface area contributed by atoms with Crippen molar-refractivity contribution in [2.75, 3.05) is 18.8 Å². The Morgan fingerprint density at radius 2 is 2.13 bits per heavy atom. The van der Waals surface area contributed by atoms with Crippen molar-refractivity contribution in [2.45, 2.75) is 37.8 Å². The second kappa shape index (κ2) is 3.52. The monoisotopic (exact) mass is 206 g/mol. The van der Waals surface area contributed by atoms with Gasteiger partial charge in [-0.3, -0.25) is 4.90 Å². The zero-order valence-corrected chi connectivity index (χ0v) is 8.97. The number of anilines is 1. The van der Waals surface area contributed by atoms with Crippen molar-refractivity contribution in [3.05, 3.63) is 12.4 Å². The summed E-state index contributed by atoms with van der Waals surface area (Å²) in [6, 6.07) is 1.27. The number of aromatic nitrogens is 2. The van der Waals surface area contributed by atoms with Crippen molar-refractivity contribution >= 4 is 5.95 Å². The van der Waals surface area contributed by atoms with Crippen molar-refractivity contribution in [3.63, 3.8) is 0 Å². The Morgan fingerprint density at radius 3 is 2.93 bits per heavy atom. The van der Waals surface area contributed by atoms with Crippen molar-refractivity contribution in [2.24, 2.45) is 0 Å². The van der Waals surface area contributed by atoms with Gasteiger partial charge in [0.15, 0.2) is 5.95 Å². The van der Waals surface area contributed by atoms with Crippen LogP contribution in [0.15, 0.2) is 12.4 Å². The van der Waals surface area contributed by atoms with Gasteiger partial charge in [0.25, 0.3) is 0 Å². The molecule has 2 fully saturated rings. The van der Waals surface area contributed by atoms with Crippen LogP contribution in [0.3, 0.4) is 0 Å². The number of piperidine rings is 1. The summed E-state index contributed by atoms with van der Waals surface area (Å²) in [7, 11) is 0. The van der Waals surface area contributed by atoms with Crippen LogP contribution < -0.4 is 5.73 Å². The van der Waals surface area contributed by atoms with E-state index in [1.54, 1.807) is 6.20 Å². The summed E-state index contributed by atoms with van der Waals surface area (Å²) in [5.74, 6) is 0.674. The summed E-state index contributed by atoms with van der Waals surface area (Å²) in [5, 5.41) is 0. The standard InChI is InChI=1S/C11H18N4/c12-11-13-5-8-15(11)10-4-7-14-6-2-1-3-9(10)14/h5,8-10H,1-4,6-7H2,(H2,12,13). The van der Waals surface area contributed by atoms with Gasteiger partial charge in [-0.25, -0.2) is 4.98 Å². The molecule has 1 aromatic heterocycles. The van der Waals surface area contributed by atoms with Crippen LogP contribution in [0, 0.1) is 0 Å². The fraction of sp³-hybridized carbons (Fsp3) is 0.727. The number of hydrogen-bond acceptors (Lipinski definition) is 3. The molecule has 4 nitrogen and oxygen atoms in total. The normalized spacial score (nSPS) is 31.7. The highest BCUT2D eigenvalue weighted by molar-refractivity contribution is 5.19. The van der Waals surface area contributed by atoms with Crippen LogP contribution in [-0.4, -0.2) is 33.6 Å². The molecule has 82 valence electrons. The van der Waals surface area contributed by atoms with Gasteiger partial charge in [-0.1, -0.05) is 6.42 Å². The van der Waals surface area contributed by atoms with Crippen molar-refractivity contribution < 1.29 is 0 Å². The van der Waals surface area contributed by atoms with E-state index in [1.165, 1.54) is 38.8 Å². The molecule has 2 unspecified atom stereocenters. The predicted octanol–water partition coefficient (Wildman–Crippen LogP) is 1.26. The first-order valence-corrected chi connectivity index (χ1v) is 5.88. The summed E-state index contributed by atoms with van der Waals surface area (Å²) in [6.45, 7) is 2.50. The molecule has 3 heterocycles. The van der Waals surface area contributed by atoms with E-state index in [4.69, 9.17) is 5.73 Å². The van der Waals surface area contributed by atoms with Gasteiger partial charge in [0.1, 0.15) is 0 Å². The number of nitrogens with two attached hydrogens (primary N) is 1. The Balaban J connectivity index is 1.85. The zero-order chi connectivity index (χ0) is 10.3. The molecule has 0 saturated carbocycles. The van der Waals surface area contributed by atoms with Gasteiger partial charge < -0.3 is 10.3 Å². The van der Waals surface area contributed by atoms with E-state index in [0.717, 1.165) is 0 Å². The fourth-order valence-electron chi connectivity index (χ4n) is 3.15. The summed E-state index contributed by atoms with van der Waals surface area (Å²) < 4.78 is 2.16. The highest BCUT2D eigenvalue weighted by atomic mass is 15.3. The molecule has 2 atom stereocenters. The van der Waals surface area contributed by atoms with Gasteiger partial charge in [-0.15, -0.1) is 0 Å². The Labute approximate surface area is 90.1 Å². The van der Waals surface area contributed by atoms with Crippen LogP contribution >= 0.6 is 0 Å². The third-order valence-electron chi connectivity index (χ3n) is 3.88. The summed E-state index contributed by atoms with van der Waals surface area (Å²) in [6.07, 6.45) is 9.11. The molecule has 3 rings (SSSR count). The van der Waals surface area contributed by atoms with Crippen LogP contribution in [0.1, 0.15) is 31.7 Å². The minimum atomic E-state index is 0.563. The van der Waals surface area contributed by atoms with Gasteiger partial charge in [0.05, 0.1) is 6.04 Å². The summed E-state index contributed by atoms with van der Waals surface area (Å²) in [5.41, 5.74) is 5.88. The lowest BCUT2D eigenvalue weighted by atomic mass is 9.99. The molecule has 0 aromatic carbocycles. The van der Waals surface area contributed by atoms with Gasteiger partial charge in [-0.2, -0.15) is 0 Å². The van der Waals surface area contributed by atoms with E-state index in [9.17, 15) is 0 Å². The van der Waals surface area contributed by atoms with Crippen LogP contribution in [0.4, 0.5) is 5.95 Å². The highest BCUT2D eigenvalue weighted by Gasteiger charge is 2.36. The first-order chi connectivity index (χ1) is 7.36. The molecular formula is C11H18N4. The van der Waals surface area contributed by atoms with Crippen molar-refractivity contribution in [1.82, 2.24) is 14.5 Å². The van der Waals surface area contributed by atoms with E-state index in [0.29, 0.717) is 18.0 Å². The average molecular weight is 206 g/mol. The zero-order valence-electron chi connectivity index (χ0n) is 8.97. The number of hydrogen-bond donors (Lipinski definition) is 1. The van der Waals surface area contributed by atoms with Crippen LogP contribution in [0.5, 0.6) is 0 Å². The molecule has 0 amide bonds. The second-order valence-electron chi connectivity index (χ2n) is 4.65. The van der Waals surface area contributed by atoms with Gasteiger partial charge in [0.2, 0.25) is 0 Å². The topological polar surface area (TPSA) is 47.1 Å². The number of imidazole rings is 1. The van der Waals surface area contributed by atoms with Crippen molar-refractivity contribution in [1.29, 1.82) is 0 Å². The second-order valence-corrected chi connectivity index (χ2v) is 4.65. The molecule has 2 aliphatic rings. The lowest BCUT2D eigenvalue weighted by molar-refractivity contribution is 0.174. The highest BCUT2D eigenvalue weighted by Crippen LogP contribution is 2.35. The molecule has 0 bridgehead atoms. The van der Waals surface area contributed by atoms with Crippen molar-refractivity contribution in [3.8, 4) is 0 Å². The van der Waals surface area contributed by atoms with Gasteiger partial charge in [-0.05, 0) is 25.8 Å².